The van der Waals surface area contributed by atoms with E-state index in [0.717, 1.165) is 11.8 Å². The van der Waals surface area contributed by atoms with Gasteiger partial charge < -0.3 is 25.5 Å². The Morgan fingerprint density at radius 3 is 2.14 bits per heavy atom. The standard InChI is InChI=1S/C20H22N4O5/c25-11-16(27)19(29)18(28)15(26)10-21-24-20-17(12-6-2-1-3-7-12)22-13-8-4-5-9-14(13)23-20/h1-10,15-16,18-19,25-29H,11H2,(H,23,24)/b21-10+/t15?,16-,18-,19-/m1/s1. The molecule has 0 saturated carbocycles. The maximum Gasteiger partial charge on any atom is 0.173 e. The van der Waals surface area contributed by atoms with Crippen LogP contribution < -0.4 is 5.43 Å². The number of benzene rings is 2. The first-order valence-electron chi connectivity index (χ1n) is 8.95. The Bertz CT molecular complexity index is 970. The molecular formula is C20H22N4O5. The molecule has 4 atom stereocenters. The van der Waals surface area contributed by atoms with Gasteiger partial charge in [-0.2, -0.15) is 5.10 Å². The van der Waals surface area contributed by atoms with Crippen LogP contribution in [-0.4, -0.2) is 72.7 Å². The molecule has 0 bridgehead atoms. The molecule has 0 aliphatic carbocycles. The van der Waals surface area contributed by atoms with Crippen LogP contribution in [0.1, 0.15) is 0 Å². The fourth-order valence-corrected chi connectivity index (χ4v) is 2.68. The van der Waals surface area contributed by atoms with Gasteiger partial charge in [-0.05, 0) is 12.1 Å². The first kappa shape index (κ1) is 20.8. The lowest BCUT2D eigenvalue weighted by atomic mass is 10.0. The van der Waals surface area contributed by atoms with Gasteiger partial charge in [-0.15, -0.1) is 0 Å². The van der Waals surface area contributed by atoms with Gasteiger partial charge in [-0.25, -0.2) is 9.97 Å². The number of hydrogen-bond donors (Lipinski definition) is 6. The van der Waals surface area contributed by atoms with Crippen molar-refractivity contribution in [1.29, 1.82) is 0 Å². The van der Waals surface area contributed by atoms with Crippen molar-refractivity contribution in [3.05, 3.63) is 54.6 Å². The summed E-state index contributed by atoms with van der Waals surface area (Å²) < 4.78 is 0. The number of para-hydroxylation sites is 2. The molecule has 1 heterocycles. The number of hydrogen-bond acceptors (Lipinski definition) is 9. The summed E-state index contributed by atoms with van der Waals surface area (Å²) in [4.78, 5) is 9.15. The molecular weight excluding hydrogens is 376 g/mol. The first-order chi connectivity index (χ1) is 14.0. The topological polar surface area (TPSA) is 151 Å². The molecule has 3 aromatic rings. The number of aliphatic hydroxyl groups is 5. The predicted octanol–water partition coefficient (Wildman–Crippen LogP) is 0.130. The molecule has 3 rings (SSSR count). The van der Waals surface area contributed by atoms with Gasteiger partial charge in [0.15, 0.2) is 5.82 Å². The second kappa shape index (κ2) is 9.50. The third-order valence-electron chi connectivity index (χ3n) is 4.30. The van der Waals surface area contributed by atoms with Crippen LogP contribution in [0.5, 0.6) is 0 Å². The number of fused-ring (bicyclic) bond motifs is 1. The molecule has 0 saturated heterocycles. The zero-order valence-electron chi connectivity index (χ0n) is 15.4. The van der Waals surface area contributed by atoms with Crippen molar-refractivity contribution in [1.82, 2.24) is 9.97 Å². The van der Waals surface area contributed by atoms with E-state index in [2.05, 4.69) is 20.5 Å². The molecule has 6 N–H and O–H groups in total. The zero-order valence-corrected chi connectivity index (χ0v) is 15.4. The summed E-state index contributed by atoms with van der Waals surface area (Å²) >= 11 is 0. The molecule has 0 aliphatic rings. The Morgan fingerprint density at radius 1 is 0.862 bits per heavy atom. The zero-order chi connectivity index (χ0) is 20.8. The van der Waals surface area contributed by atoms with E-state index in [1.54, 1.807) is 6.07 Å². The van der Waals surface area contributed by atoms with Gasteiger partial charge in [0, 0.05) is 5.56 Å². The Labute approximate surface area is 166 Å². The van der Waals surface area contributed by atoms with Crippen LogP contribution in [0.2, 0.25) is 0 Å². The minimum absolute atomic E-state index is 0.337. The molecule has 9 heteroatoms. The lowest BCUT2D eigenvalue weighted by molar-refractivity contribution is -0.0999. The van der Waals surface area contributed by atoms with Crippen LogP contribution in [0, 0.1) is 0 Å². The largest absolute Gasteiger partial charge is 0.394 e. The van der Waals surface area contributed by atoms with Gasteiger partial charge in [-0.1, -0.05) is 42.5 Å². The average Bonchev–Trinajstić information content (AvgIpc) is 2.77. The lowest BCUT2D eigenvalue weighted by Gasteiger charge is -2.23. The van der Waals surface area contributed by atoms with Gasteiger partial charge in [0.2, 0.25) is 0 Å². The van der Waals surface area contributed by atoms with E-state index in [-0.39, 0.29) is 0 Å². The minimum Gasteiger partial charge on any atom is -0.394 e. The van der Waals surface area contributed by atoms with E-state index in [1.807, 2.05) is 48.5 Å². The summed E-state index contributed by atoms with van der Waals surface area (Å²) in [6.07, 6.45) is -5.69. The number of nitrogens with zero attached hydrogens (tertiary/aromatic N) is 3. The van der Waals surface area contributed by atoms with Crippen molar-refractivity contribution in [3.8, 4) is 11.3 Å². The van der Waals surface area contributed by atoms with Crippen LogP contribution in [0.15, 0.2) is 59.7 Å². The van der Waals surface area contributed by atoms with Crippen molar-refractivity contribution < 1.29 is 25.5 Å². The van der Waals surface area contributed by atoms with Gasteiger partial charge in [0.25, 0.3) is 0 Å². The van der Waals surface area contributed by atoms with E-state index in [0.29, 0.717) is 22.5 Å². The molecule has 152 valence electrons. The Hall–Kier alpha value is -2.95. The van der Waals surface area contributed by atoms with Crippen molar-refractivity contribution >= 4 is 23.1 Å². The summed E-state index contributed by atoms with van der Waals surface area (Å²) in [6.45, 7) is -0.756. The summed E-state index contributed by atoms with van der Waals surface area (Å²) in [5.41, 5.74) is 5.41. The Balaban J connectivity index is 1.84. The first-order valence-corrected chi connectivity index (χ1v) is 8.95. The molecule has 0 spiro atoms. The highest BCUT2D eigenvalue weighted by Gasteiger charge is 2.29. The number of rotatable bonds is 8. The quantitative estimate of drug-likeness (QED) is 0.231. The molecule has 2 aromatic carbocycles. The fraction of sp³-hybridized carbons (Fsp3) is 0.250. The third-order valence-corrected chi connectivity index (χ3v) is 4.30. The smallest absolute Gasteiger partial charge is 0.173 e. The van der Waals surface area contributed by atoms with E-state index >= 15 is 0 Å². The monoisotopic (exact) mass is 398 g/mol. The molecule has 0 fully saturated rings. The molecule has 9 nitrogen and oxygen atoms in total. The van der Waals surface area contributed by atoms with E-state index in [4.69, 9.17) is 5.11 Å². The summed E-state index contributed by atoms with van der Waals surface area (Å²) in [6, 6.07) is 16.7. The maximum atomic E-state index is 9.94. The van der Waals surface area contributed by atoms with Crippen LogP contribution in [0.3, 0.4) is 0 Å². The Kier molecular flexibility index (Phi) is 6.81. The van der Waals surface area contributed by atoms with Crippen molar-refractivity contribution in [2.75, 3.05) is 12.0 Å². The molecule has 1 unspecified atom stereocenters. The van der Waals surface area contributed by atoms with Gasteiger partial charge in [0.05, 0.1) is 23.9 Å². The van der Waals surface area contributed by atoms with Crippen LogP contribution in [0.4, 0.5) is 5.82 Å². The molecule has 0 radical (unpaired) electrons. The summed E-state index contributed by atoms with van der Waals surface area (Å²) in [5, 5.41) is 51.5. The molecule has 0 aliphatic heterocycles. The van der Waals surface area contributed by atoms with Crippen LogP contribution in [0.25, 0.3) is 22.3 Å². The van der Waals surface area contributed by atoms with Crippen LogP contribution in [-0.2, 0) is 0 Å². The maximum absolute atomic E-state index is 9.94. The number of aromatic nitrogens is 2. The van der Waals surface area contributed by atoms with E-state index in [1.165, 1.54) is 0 Å². The highest BCUT2D eigenvalue weighted by Crippen LogP contribution is 2.26. The normalized spacial score (nSPS) is 15.9. The van der Waals surface area contributed by atoms with Crippen LogP contribution >= 0.6 is 0 Å². The van der Waals surface area contributed by atoms with Crippen molar-refractivity contribution in [3.63, 3.8) is 0 Å². The third kappa shape index (κ3) is 4.91. The minimum atomic E-state index is -1.74. The fourth-order valence-electron chi connectivity index (χ4n) is 2.68. The summed E-state index contributed by atoms with van der Waals surface area (Å²) in [5.74, 6) is 0.337. The van der Waals surface area contributed by atoms with E-state index < -0.39 is 31.0 Å². The SMILES string of the molecule is OC[C@@H](O)[C@@H](O)[C@H](O)C(O)/C=N/Nc1nc2ccccc2nc1-c1ccccc1. The lowest BCUT2D eigenvalue weighted by Crippen LogP contribution is -2.46. The van der Waals surface area contributed by atoms with Crippen molar-refractivity contribution in [2.24, 2.45) is 5.10 Å². The highest BCUT2D eigenvalue weighted by atomic mass is 16.4. The van der Waals surface area contributed by atoms with Crippen molar-refractivity contribution in [2.45, 2.75) is 24.4 Å². The average molecular weight is 398 g/mol. The van der Waals surface area contributed by atoms with Gasteiger partial charge in [0.1, 0.15) is 30.1 Å². The molecule has 0 amide bonds. The second-order valence-electron chi connectivity index (χ2n) is 6.39. The van der Waals surface area contributed by atoms with Gasteiger partial charge >= 0.3 is 0 Å². The number of aliphatic hydroxyl groups excluding tert-OH is 5. The molecule has 29 heavy (non-hydrogen) atoms. The number of nitrogens with one attached hydrogen (secondary N) is 1. The number of hydrazone groups is 1. The molecule has 1 aromatic heterocycles. The summed E-state index contributed by atoms with van der Waals surface area (Å²) in [7, 11) is 0. The second-order valence-corrected chi connectivity index (χ2v) is 6.39. The number of anilines is 1. The van der Waals surface area contributed by atoms with Gasteiger partial charge in [-0.3, -0.25) is 5.43 Å². The predicted molar refractivity (Wildman–Crippen MR) is 108 cm³/mol. The highest BCUT2D eigenvalue weighted by molar-refractivity contribution is 5.83. The Morgan fingerprint density at radius 2 is 1.48 bits per heavy atom. The van der Waals surface area contributed by atoms with E-state index in [9.17, 15) is 20.4 Å².